The number of amides is 1. The van der Waals surface area contributed by atoms with Gasteiger partial charge in [0, 0.05) is 12.1 Å². The molecule has 0 rings (SSSR count). The SMILES string of the molecule is COC(=O)/C=C/[C@@H](C)NC(=O)OC(C)(C)C. The van der Waals surface area contributed by atoms with Gasteiger partial charge in [-0.3, -0.25) is 0 Å². The highest BCUT2D eigenvalue weighted by Gasteiger charge is 2.16. The molecule has 1 N–H and O–H groups in total. The van der Waals surface area contributed by atoms with E-state index in [1.165, 1.54) is 19.3 Å². The lowest BCUT2D eigenvalue weighted by atomic mass is 10.2. The van der Waals surface area contributed by atoms with Gasteiger partial charge in [0.15, 0.2) is 0 Å². The van der Waals surface area contributed by atoms with Crippen molar-refractivity contribution in [3.05, 3.63) is 12.2 Å². The lowest BCUT2D eigenvalue weighted by molar-refractivity contribution is -0.134. The van der Waals surface area contributed by atoms with Crippen LogP contribution in [-0.4, -0.2) is 30.8 Å². The second kappa shape index (κ2) is 6.15. The molecule has 0 bridgehead atoms. The quantitative estimate of drug-likeness (QED) is 0.590. The molecule has 0 unspecified atom stereocenters. The number of carbonyl (C=O) groups excluding carboxylic acids is 2. The molecule has 0 aliphatic heterocycles. The molecule has 0 saturated carbocycles. The van der Waals surface area contributed by atoms with Crippen molar-refractivity contribution in [1.82, 2.24) is 5.32 Å². The molecule has 1 amide bonds. The summed E-state index contributed by atoms with van der Waals surface area (Å²) in [7, 11) is 1.29. The first-order valence-electron chi connectivity index (χ1n) is 5.00. The van der Waals surface area contributed by atoms with Gasteiger partial charge < -0.3 is 14.8 Å². The van der Waals surface area contributed by atoms with Crippen molar-refractivity contribution in [1.29, 1.82) is 0 Å². The van der Waals surface area contributed by atoms with E-state index < -0.39 is 17.7 Å². The molecule has 0 aliphatic rings. The summed E-state index contributed by atoms with van der Waals surface area (Å²) < 4.78 is 9.46. The van der Waals surface area contributed by atoms with Crippen molar-refractivity contribution in [2.24, 2.45) is 0 Å². The van der Waals surface area contributed by atoms with Crippen LogP contribution in [0.4, 0.5) is 4.79 Å². The average Bonchev–Trinajstić information content (AvgIpc) is 2.10. The molecule has 0 aromatic rings. The van der Waals surface area contributed by atoms with Gasteiger partial charge in [0.05, 0.1) is 7.11 Å². The van der Waals surface area contributed by atoms with Crippen LogP contribution in [0.15, 0.2) is 12.2 Å². The van der Waals surface area contributed by atoms with E-state index >= 15 is 0 Å². The maximum Gasteiger partial charge on any atom is 0.408 e. The Morgan fingerprint density at radius 3 is 2.31 bits per heavy atom. The number of alkyl carbamates (subject to hydrolysis) is 1. The average molecular weight is 229 g/mol. The van der Waals surface area contributed by atoms with E-state index in [1.807, 2.05) is 0 Å². The van der Waals surface area contributed by atoms with Gasteiger partial charge in [0.1, 0.15) is 5.60 Å². The molecule has 16 heavy (non-hydrogen) atoms. The fourth-order valence-electron chi connectivity index (χ4n) is 0.833. The maximum atomic E-state index is 11.3. The molecule has 0 radical (unpaired) electrons. The number of hydrogen-bond acceptors (Lipinski definition) is 4. The van der Waals surface area contributed by atoms with Crippen molar-refractivity contribution in [2.45, 2.75) is 39.3 Å². The molecule has 0 fully saturated rings. The predicted octanol–water partition coefficient (Wildman–Crippen LogP) is 1.63. The van der Waals surface area contributed by atoms with E-state index in [9.17, 15) is 9.59 Å². The minimum atomic E-state index is -0.532. The molecule has 5 heteroatoms. The molecule has 0 saturated heterocycles. The second-order valence-corrected chi connectivity index (χ2v) is 4.32. The predicted molar refractivity (Wildman–Crippen MR) is 60.0 cm³/mol. The van der Waals surface area contributed by atoms with Crippen LogP contribution in [0.5, 0.6) is 0 Å². The van der Waals surface area contributed by atoms with Crippen LogP contribution >= 0.6 is 0 Å². The Kier molecular flexibility index (Phi) is 5.56. The maximum absolute atomic E-state index is 11.3. The summed E-state index contributed by atoms with van der Waals surface area (Å²) >= 11 is 0. The van der Waals surface area contributed by atoms with Gasteiger partial charge in [-0.05, 0) is 27.7 Å². The molecule has 5 nitrogen and oxygen atoms in total. The molecular weight excluding hydrogens is 210 g/mol. The molecule has 0 spiro atoms. The van der Waals surface area contributed by atoms with Gasteiger partial charge >= 0.3 is 12.1 Å². The standard InChI is InChI=1S/C11H19NO4/c1-8(6-7-9(13)15-5)12-10(14)16-11(2,3)4/h6-8H,1-5H3,(H,12,14)/b7-6+/t8-/m1/s1. The van der Waals surface area contributed by atoms with E-state index in [1.54, 1.807) is 27.7 Å². The first-order chi connectivity index (χ1) is 7.24. The lowest BCUT2D eigenvalue weighted by Gasteiger charge is -2.20. The van der Waals surface area contributed by atoms with Crippen LogP contribution in [0.1, 0.15) is 27.7 Å². The zero-order valence-electron chi connectivity index (χ0n) is 10.4. The summed E-state index contributed by atoms with van der Waals surface area (Å²) in [4.78, 5) is 22.1. The summed E-state index contributed by atoms with van der Waals surface area (Å²) in [6.07, 6.45) is 2.26. The molecule has 0 heterocycles. The summed E-state index contributed by atoms with van der Waals surface area (Å²) in [6.45, 7) is 7.06. The Labute approximate surface area is 95.8 Å². The highest BCUT2D eigenvalue weighted by Crippen LogP contribution is 2.06. The van der Waals surface area contributed by atoms with Crippen LogP contribution in [0, 0.1) is 0 Å². The minimum Gasteiger partial charge on any atom is -0.466 e. The van der Waals surface area contributed by atoms with Gasteiger partial charge in [-0.1, -0.05) is 6.08 Å². The normalized spacial score (nSPS) is 13.3. The first kappa shape index (κ1) is 14.5. The zero-order valence-corrected chi connectivity index (χ0v) is 10.4. The van der Waals surface area contributed by atoms with Crippen molar-refractivity contribution < 1.29 is 19.1 Å². The molecule has 0 aromatic carbocycles. The van der Waals surface area contributed by atoms with E-state index in [0.29, 0.717) is 0 Å². The second-order valence-electron chi connectivity index (χ2n) is 4.32. The van der Waals surface area contributed by atoms with Gasteiger partial charge in [0.2, 0.25) is 0 Å². The fraction of sp³-hybridized carbons (Fsp3) is 0.636. The number of esters is 1. The Morgan fingerprint density at radius 2 is 1.88 bits per heavy atom. The van der Waals surface area contributed by atoms with Crippen LogP contribution in [-0.2, 0) is 14.3 Å². The van der Waals surface area contributed by atoms with E-state index in [4.69, 9.17) is 4.74 Å². The van der Waals surface area contributed by atoms with Crippen LogP contribution in [0.2, 0.25) is 0 Å². The molecule has 1 atom stereocenters. The van der Waals surface area contributed by atoms with Crippen LogP contribution in [0.25, 0.3) is 0 Å². The van der Waals surface area contributed by atoms with Gasteiger partial charge in [-0.25, -0.2) is 9.59 Å². The van der Waals surface area contributed by atoms with Gasteiger partial charge in [0.25, 0.3) is 0 Å². The number of hydrogen-bond donors (Lipinski definition) is 1. The van der Waals surface area contributed by atoms with E-state index in [2.05, 4.69) is 10.1 Å². The van der Waals surface area contributed by atoms with E-state index in [0.717, 1.165) is 0 Å². The molecule has 0 aliphatic carbocycles. The Morgan fingerprint density at radius 1 is 1.31 bits per heavy atom. The summed E-state index contributed by atoms with van der Waals surface area (Å²) in [5, 5.41) is 2.56. The number of carbonyl (C=O) groups is 2. The molecule has 92 valence electrons. The topological polar surface area (TPSA) is 64.6 Å². The third-order valence-corrected chi connectivity index (χ3v) is 1.47. The highest BCUT2D eigenvalue weighted by atomic mass is 16.6. The van der Waals surface area contributed by atoms with Crippen LogP contribution in [0.3, 0.4) is 0 Å². The zero-order chi connectivity index (χ0) is 12.8. The Bertz CT molecular complexity index is 278. The summed E-state index contributed by atoms with van der Waals surface area (Å²) in [6, 6.07) is -0.297. The van der Waals surface area contributed by atoms with Gasteiger partial charge in [-0.15, -0.1) is 0 Å². The molecular formula is C11H19NO4. The summed E-state index contributed by atoms with van der Waals surface area (Å²) in [5.41, 5.74) is -0.532. The highest BCUT2D eigenvalue weighted by molar-refractivity contribution is 5.82. The lowest BCUT2D eigenvalue weighted by Crippen LogP contribution is -2.36. The van der Waals surface area contributed by atoms with Crippen molar-refractivity contribution >= 4 is 12.1 Å². The first-order valence-corrected chi connectivity index (χ1v) is 5.00. The monoisotopic (exact) mass is 229 g/mol. The van der Waals surface area contributed by atoms with Gasteiger partial charge in [-0.2, -0.15) is 0 Å². The van der Waals surface area contributed by atoms with Crippen LogP contribution < -0.4 is 5.32 Å². The van der Waals surface area contributed by atoms with E-state index in [-0.39, 0.29) is 6.04 Å². The smallest absolute Gasteiger partial charge is 0.408 e. The number of methoxy groups -OCH3 is 1. The largest absolute Gasteiger partial charge is 0.466 e. The van der Waals surface area contributed by atoms with Crippen molar-refractivity contribution in [3.8, 4) is 0 Å². The van der Waals surface area contributed by atoms with Crippen molar-refractivity contribution in [2.75, 3.05) is 7.11 Å². The number of ether oxygens (including phenoxy) is 2. The summed E-state index contributed by atoms with van der Waals surface area (Å²) in [5.74, 6) is -0.460. The number of rotatable bonds is 3. The fourth-order valence-corrected chi connectivity index (χ4v) is 0.833. The Balaban J connectivity index is 4.06. The third kappa shape index (κ3) is 7.84. The number of nitrogens with one attached hydrogen (secondary N) is 1. The minimum absolute atomic E-state index is 0.297. The third-order valence-electron chi connectivity index (χ3n) is 1.47. The molecule has 0 aromatic heterocycles. The Hall–Kier alpha value is -1.52. The van der Waals surface area contributed by atoms with Crippen molar-refractivity contribution in [3.63, 3.8) is 0 Å².